The Labute approximate surface area is 312 Å². The van der Waals surface area contributed by atoms with Crippen molar-refractivity contribution in [2.75, 3.05) is 0 Å². The second kappa shape index (κ2) is 16.9. The second-order valence-corrected chi connectivity index (χ2v) is 18.1. The van der Waals surface area contributed by atoms with Crippen molar-refractivity contribution < 1.29 is 19.0 Å². The predicted octanol–water partition coefficient (Wildman–Crippen LogP) is 11.3. The van der Waals surface area contributed by atoms with Crippen LogP contribution < -0.4 is 10.2 Å². The first-order chi connectivity index (χ1) is 25.1. The SMILES string of the molecule is CC(C)(C)c1ccc([S+](c2ccccc2)c2ccc(F)cc2[O-])cc1.[O-]c1cc(F)ccc1[S+](c1ccccc1)c1ccc(C2CCCCC2)cc1. The summed E-state index contributed by atoms with van der Waals surface area (Å²) in [6, 6.07) is 45.3. The Bertz CT molecular complexity index is 2040. The lowest BCUT2D eigenvalue weighted by atomic mass is 9.84. The van der Waals surface area contributed by atoms with Crippen molar-refractivity contribution in [1.82, 2.24) is 0 Å². The van der Waals surface area contributed by atoms with Gasteiger partial charge in [-0.15, -0.1) is 0 Å². The van der Waals surface area contributed by atoms with Crippen molar-refractivity contribution >= 4 is 21.8 Å². The quantitative estimate of drug-likeness (QED) is 0.154. The van der Waals surface area contributed by atoms with Gasteiger partial charge in [0, 0.05) is 0 Å². The first kappa shape index (κ1) is 37.2. The number of benzene rings is 6. The standard InChI is InChI=1S/C24H23FOS.C22H21FOS/c25-20-13-16-24(23(26)17-20)27(21-9-5-2-6-10-21)22-14-11-19(12-15-22)18-7-3-1-4-8-18;1-22(2,3)16-9-12-19(13-10-16)25(18-7-5-4-6-8-18)21-14-11-17(23)15-20(21)24/h2,5-6,9-18H,1,3-4,7-8H2;4-15H,1-3H3. The van der Waals surface area contributed by atoms with E-state index in [4.69, 9.17) is 0 Å². The molecule has 0 bridgehead atoms. The fraction of sp³-hybridized carbons (Fsp3) is 0.217. The monoisotopic (exact) mass is 730 g/mol. The van der Waals surface area contributed by atoms with Crippen molar-refractivity contribution in [3.8, 4) is 11.5 Å². The molecule has 6 aromatic rings. The van der Waals surface area contributed by atoms with Gasteiger partial charge in [0.2, 0.25) is 0 Å². The predicted molar refractivity (Wildman–Crippen MR) is 206 cm³/mol. The third-order valence-electron chi connectivity index (χ3n) is 9.36. The molecule has 6 aromatic carbocycles. The van der Waals surface area contributed by atoms with E-state index in [9.17, 15) is 19.0 Å². The topological polar surface area (TPSA) is 46.1 Å². The minimum atomic E-state index is -0.549. The van der Waals surface area contributed by atoms with E-state index in [1.165, 1.54) is 55.4 Å². The molecule has 2 unspecified atom stereocenters. The summed E-state index contributed by atoms with van der Waals surface area (Å²) in [5, 5.41) is 24.9. The van der Waals surface area contributed by atoms with E-state index in [0.717, 1.165) is 31.7 Å². The van der Waals surface area contributed by atoms with Crippen molar-refractivity contribution in [2.24, 2.45) is 0 Å². The van der Waals surface area contributed by atoms with E-state index in [2.05, 4.69) is 69.3 Å². The van der Waals surface area contributed by atoms with Gasteiger partial charge in [0.15, 0.2) is 29.4 Å². The van der Waals surface area contributed by atoms with Gasteiger partial charge >= 0.3 is 0 Å². The van der Waals surface area contributed by atoms with Crippen LogP contribution in [-0.4, -0.2) is 0 Å². The van der Waals surface area contributed by atoms with Crippen LogP contribution in [0.4, 0.5) is 8.78 Å². The van der Waals surface area contributed by atoms with Gasteiger partial charge in [0.05, 0.1) is 21.8 Å². The van der Waals surface area contributed by atoms with Crippen LogP contribution in [0.2, 0.25) is 0 Å². The van der Waals surface area contributed by atoms with Crippen LogP contribution in [0.5, 0.6) is 11.5 Å². The summed E-state index contributed by atoms with van der Waals surface area (Å²) >= 11 is 0. The molecular weight excluding hydrogens is 687 g/mol. The van der Waals surface area contributed by atoms with E-state index in [1.54, 1.807) is 12.1 Å². The maximum Gasteiger partial charge on any atom is 0.166 e. The fourth-order valence-corrected chi connectivity index (χ4v) is 10.8. The molecule has 1 saturated carbocycles. The first-order valence-electron chi connectivity index (χ1n) is 17.8. The molecule has 7 rings (SSSR count). The highest BCUT2D eigenvalue weighted by Crippen LogP contribution is 2.39. The highest BCUT2D eigenvalue weighted by molar-refractivity contribution is 7.97. The van der Waals surface area contributed by atoms with Gasteiger partial charge in [0.1, 0.15) is 11.6 Å². The van der Waals surface area contributed by atoms with Crippen LogP contribution in [0.1, 0.15) is 69.9 Å². The summed E-state index contributed by atoms with van der Waals surface area (Å²) in [5.74, 6) is -0.806. The van der Waals surface area contributed by atoms with Crippen molar-refractivity contribution in [3.05, 3.63) is 168 Å². The third kappa shape index (κ3) is 9.09. The Kier molecular flexibility index (Phi) is 12.1. The molecule has 0 saturated heterocycles. The molecule has 0 amide bonds. The van der Waals surface area contributed by atoms with E-state index in [0.29, 0.717) is 15.7 Å². The summed E-state index contributed by atoms with van der Waals surface area (Å²) in [7, 11) is -1.08. The fourth-order valence-electron chi connectivity index (χ4n) is 6.60. The summed E-state index contributed by atoms with van der Waals surface area (Å²) < 4.78 is 26.9. The molecule has 1 aliphatic carbocycles. The zero-order valence-electron chi connectivity index (χ0n) is 29.9. The third-order valence-corrected chi connectivity index (χ3v) is 13.9. The normalized spacial score (nSPS) is 14.6. The van der Waals surface area contributed by atoms with Gasteiger partial charge in [0.25, 0.3) is 0 Å². The molecule has 266 valence electrons. The van der Waals surface area contributed by atoms with E-state index in [-0.39, 0.29) is 16.9 Å². The lowest BCUT2D eigenvalue weighted by Gasteiger charge is -2.22. The van der Waals surface area contributed by atoms with Gasteiger partial charge < -0.3 is 10.2 Å². The number of hydrogen-bond donors (Lipinski definition) is 0. The Hall–Kier alpha value is -4.52. The van der Waals surface area contributed by atoms with Gasteiger partial charge in [-0.05, 0) is 132 Å². The van der Waals surface area contributed by atoms with Gasteiger partial charge in [-0.2, -0.15) is 0 Å². The zero-order valence-corrected chi connectivity index (χ0v) is 31.5. The smallest absolute Gasteiger partial charge is 0.166 e. The molecule has 52 heavy (non-hydrogen) atoms. The number of halogens is 2. The minimum Gasteiger partial charge on any atom is -0.869 e. The molecule has 0 radical (unpaired) electrons. The Morgan fingerprint density at radius 1 is 0.500 bits per heavy atom. The van der Waals surface area contributed by atoms with Crippen molar-refractivity contribution in [3.63, 3.8) is 0 Å². The molecule has 1 fully saturated rings. The lowest BCUT2D eigenvalue weighted by molar-refractivity contribution is -0.273. The molecular formula is C46H44F2O2S2. The van der Waals surface area contributed by atoms with E-state index >= 15 is 0 Å². The van der Waals surface area contributed by atoms with Crippen LogP contribution in [0.3, 0.4) is 0 Å². The van der Waals surface area contributed by atoms with Crippen LogP contribution >= 0.6 is 0 Å². The molecule has 0 aliphatic heterocycles. The largest absolute Gasteiger partial charge is 0.869 e. The van der Waals surface area contributed by atoms with Crippen LogP contribution in [0, 0.1) is 11.6 Å². The number of rotatable bonds is 7. The Morgan fingerprint density at radius 3 is 1.31 bits per heavy atom. The van der Waals surface area contributed by atoms with E-state index < -0.39 is 33.4 Å². The molecule has 1 aliphatic rings. The minimum absolute atomic E-state index is 0.0729. The average molecular weight is 731 g/mol. The maximum absolute atomic E-state index is 13.5. The van der Waals surface area contributed by atoms with Crippen molar-refractivity contribution in [2.45, 2.75) is 93.6 Å². The zero-order chi connectivity index (χ0) is 36.7. The molecule has 2 nitrogen and oxygen atoms in total. The summed E-state index contributed by atoms with van der Waals surface area (Å²) in [5.41, 5.74) is 2.72. The molecule has 0 aromatic heterocycles. The maximum atomic E-state index is 13.5. The van der Waals surface area contributed by atoms with E-state index in [1.807, 2.05) is 60.7 Å². The molecule has 0 N–H and O–H groups in total. The highest BCUT2D eigenvalue weighted by atomic mass is 32.2. The number of hydrogen-bond acceptors (Lipinski definition) is 2. The second-order valence-electron chi connectivity index (χ2n) is 14.1. The molecule has 6 heteroatoms. The van der Waals surface area contributed by atoms with Crippen molar-refractivity contribution in [1.29, 1.82) is 0 Å². The molecule has 0 heterocycles. The average Bonchev–Trinajstić information content (AvgIpc) is 3.15. The first-order valence-corrected chi connectivity index (χ1v) is 20.3. The van der Waals surface area contributed by atoms with Gasteiger partial charge in [-0.3, -0.25) is 0 Å². The lowest BCUT2D eigenvalue weighted by Crippen LogP contribution is -2.12. The summed E-state index contributed by atoms with van der Waals surface area (Å²) in [4.78, 5) is 5.55. The molecule has 0 spiro atoms. The Morgan fingerprint density at radius 2 is 0.904 bits per heavy atom. The summed E-state index contributed by atoms with van der Waals surface area (Å²) in [6.45, 7) is 6.53. The van der Waals surface area contributed by atoms with Gasteiger partial charge in [-0.25, -0.2) is 8.78 Å². The van der Waals surface area contributed by atoms with Crippen LogP contribution in [-0.2, 0) is 27.2 Å². The highest BCUT2D eigenvalue weighted by Gasteiger charge is 2.31. The Balaban J connectivity index is 0.000000179. The van der Waals surface area contributed by atoms with Gasteiger partial charge in [-0.1, -0.05) is 101 Å². The van der Waals surface area contributed by atoms with Crippen LogP contribution in [0.15, 0.2) is 175 Å². The van der Waals surface area contributed by atoms with Crippen LogP contribution in [0.25, 0.3) is 0 Å². The summed E-state index contributed by atoms with van der Waals surface area (Å²) in [6.07, 6.45) is 6.52. The molecule has 2 atom stereocenters.